The highest BCUT2D eigenvalue weighted by Gasteiger charge is 2.36. The van der Waals surface area contributed by atoms with Gasteiger partial charge in [0.15, 0.2) is 0 Å². The van der Waals surface area contributed by atoms with Crippen LogP contribution in [0.4, 0.5) is 4.39 Å². The van der Waals surface area contributed by atoms with Gasteiger partial charge in [0.05, 0.1) is 4.90 Å². The van der Waals surface area contributed by atoms with Crippen molar-refractivity contribution in [2.45, 2.75) is 44.0 Å². The molecule has 0 aliphatic carbocycles. The average molecular weight is 388 g/mol. The molecular formula is C22H26FNO2S. The van der Waals surface area contributed by atoms with Gasteiger partial charge >= 0.3 is 0 Å². The first-order chi connectivity index (χ1) is 12.8. The monoisotopic (exact) mass is 387 g/mol. The Bertz CT molecular complexity index is 890. The zero-order valence-corrected chi connectivity index (χ0v) is 16.6. The zero-order chi connectivity index (χ0) is 19.5. The number of sulfonamides is 1. The van der Waals surface area contributed by atoms with Crippen molar-refractivity contribution in [2.75, 3.05) is 6.54 Å². The average Bonchev–Trinajstić information content (AvgIpc) is 2.79. The van der Waals surface area contributed by atoms with E-state index < -0.39 is 15.8 Å². The lowest BCUT2D eigenvalue weighted by Crippen LogP contribution is -2.39. The van der Waals surface area contributed by atoms with Crippen molar-refractivity contribution in [3.63, 3.8) is 0 Å². The Morgan fingerprint density at radius 1 is 1.07 bits per heavy atom. The first-order valence-corrected chi connectivity index (χ1v) is 10.7. The third kappa shape index (κ3) is 4.85. The summed E-state index contributed by atoms with van der Waals surface area (Å²) >= 11 is 0. The molecule has 1 heterocycles. The second kappa shape index (κ2) is 7.95. The van der Waals surface area contributed by atoms with Gasteiger partial charge in [0, 0.05) is 12.6 Å². The molecule has 0 bridgehead atoms. The summed E-state index contributed by atoms with van der Waals surface area (Å²) in [6, 6.07) is 14.7. The molecule has 1 aliphatic heterocycles. The lowest BCUT2D eigenvalue weighted by Gasteiger charge is -2.30. The highest BCUT2D eigenvalue weighted by Crippen LogP contribution is 2.36. The molecule has 3 rings (SSSR count). The van der Waals surface area contributed by atoms with Crippen LogP contribution in [-0.2, 0) is 10.0 Å². The van der Waals surface area contributed by atoms with Crippen molar-refractivity contribution >= 4 is 16.1 Å². The van der Waals surface area contributed by atoms with Gasteiger partial charge in [-0.25, -0.2) is 12.8 Å². The molecule has 1 atom stereocenters. The molecule has 3 nitrogen and oxygen atoms in total. The molecule has 1 fully saturated rings. The quantitative estimate of drug-likeness (QED) is 0.731. The molecule has 27 heavy (non-hydrogen) atoms. The molecule has 2 aromatic rings. The van der Waals surface area contributed by atoms with E-state index in [0.717, 1.165) is 24.8 Å². The van der Waals surface area contributed by atoms with Crippen molar-refractivity contribution in [3.05, 3.63) is 72.1 Å². The molecule has 1 saturated heterocycles. The molecule has 1 unspecified atom stereocenters. The Morgan fingerprint density at radius 3 is 2.41 bits per heavy atom. The van der Waals surface area contributed by atoms with Crippen LogP contribution in [0.3, 0.4) is 0 Å². The van der Waals surface area contributed by atoms with Crippen molar-refractivity contribution in [2.24, 2.45) is 5.41 Å². The normalized spacial score (nSPS) is 21.2. The van der Waals surface area contributed by atoms with Gasteiger partial charge in [-0.3, -0.25) is 0 Å². The Morgan fingerprint density at radius 2 is 1.74 bits per heavy atom. The van der Waals surface area contributed by atoms with E-state index in [4.69, 9.17) is 0 Å². The minimum Gasteiger partial charge on any atom is -0.207 e. The maximum Gasteiger partial charge on any atom is 0.243 e. The van der Waals surface area contributed by atoms with Gasteiger partial charge < -0.3 is 0 Å². The number of hydrogen-bond donors (Lipinski definition) is 0. The second-order valence-electron chi connectivity index (χ2n) is 7.88. The smallest absolute Gasteiger partial charge is 0.207 e. The van der Waals surface area contributed by atoms with E-state index in [1.54, 1.807) is 4.31 Å². The van der Waals surface area contributed by atoms with Gasteiger partial charge in [-0.05, 0) is 54.5 Å². The Hall–Kier alpha value is -1.98. The third-order valence-corrected chi connectivity index (χ3v) is 7.03. The summed E-state index contributed by atoms with van der Waals surface area (Å²) < 4.78 is 41.3. The zero-order valence-electron chi connectivity index (χ0n) is 15.8. The summed E-state index contributed by atoms with van der Waals surface area (Å²) in [7, 11) is -3.69. The molecule has 144 valence electrons. The van der Waals surface area contributed by atoms with Crippen LogP contribution in [0.25, 0.3) is 6.08 Å². The predicted molar refractivity (Wildman–Crippen MR) is 107 cm³/mol. The first-order valence-electron chi connectivity index (χ1n) is 9.29. The van der Waals surface area contributed by atoms with Crippen LogP contribution in [0.15, 0.2) is 65.6 Å². The highest BCUT2D eigenvalue weighted by atomic mass is 32.2. The maximum atomic E-state index is 13.3. The molecule has 5 heteroatoms. The van der Waals surface area contributed by atoms with E-state index in [9.17, 15) is 12.8 Å². The van der Waals surface area contributed by atoms with E-state index in [-0.39, 0.29) is 16.4 Å². The molecule has 2 aromatic carbocycles. The number of benzene rings is 2. The van der Waals surface area contributed by atoms with Crippen molar-refractivity contribution in [1.82, 2.24) is 4.31 Å². The topological polar surface area (TPSA) is 37.4 Å². The van der Waals surface area contributed by atoms with Crippen molar-refractivity contribution < 1.29 is 12.8 Å². The van der Waals surface area contributed by atoms with Crippen LogP contribution < -0.4 is 0 Å². The molecule has 1 aliphatic rings. The van der Waals surface area contributed by atoms with Crippen molar-refractivity contribution in [3.8, 4) is 0 Å². The van der Waals surface area contributed by atoms with E-state index in [1.807, 2.05) is 42.5 Å². The van der Waals surface area contributed by atoms with Gasteiger partial charge in [-0.1, -0.05) is 56.3 Å². The summed E-state index contributed by atoms with van der Waals surface area (Å²) in [5.41, 5.74) is 1.09. The molecule has 0 radical (unpaired) electrons. The summed E-state index contributed by atoms with van der Waals surface area (Å²) in [6.07, 6.45) is 6.50. The third-order valence-electron chi connectivity index (χ3n) is 5.09. The molecule has 0 saturated carbocycles. The van der Waals surface area contributed by atoms with E-state index >= 15 is 0 Å². The fourth-order valence-electron chi connectivity index (χ4n) is 3.64. The summed E-state index contributed by atoms with van der Waals surface area (Å²) in [5.74, 6) is -0.438. The molecular weight excluding hydrogens is 361 g/mol. The minimum absolute atomic E-state index is 0.0543. The van der Waals surface area contributed by atoms with Crippen LogP contribution in [0.2, 0.25) is 0 Å². The number of hydrogen-bond acceptors (Lipinski definition) is 2. The summed E-state index contributed by atoms with van der Waals surface area (Å²) in [5, 5.41) is 0. The van der Waals surface area contributed by atoms with Crippen LogP contribution in [-0.4, -0.2) is 25.3 Å². The van der Waals surface area contributed by atoms with Crippen LogP contribution >= 0.6 is 0 Å². The lowest BCUT2D eigenvalue weighted by molar-refractivity contribution is 0.282. The van der Waals surface area contributed by atoms with Crippen LogP contribution in [0.1, 0.15) is 38.7 Å². The molecule has 0 N–H and O–H groups in total. The number of nitrogens with zero attached hydrogens (tertiary/aromatic N) is 1. The van der Waals surface area contributed by atoms with Crippen LogP contribution in [0, 0.1) is 11.2 Å². The SMILES string of the molecule is CC1(C)CCCN(S(=O)(=O)c2ccc(F)cc2)C(/C=C/c2ccccc2)C1. The Labute approximate surface area is 161 Å². The highest BCUT2D eigenvalue weighted by molar-refractivity contribution is 7.89. The second-order valence-corrected chi connectivity index (χ2v) is 9.77. The largest absolute Gasteiger partial charge is 0.243 e. The van der Waals surface area contributed by atoms with Crippen LogP contribution in [0.5, 0.6) is 0 Å². The standard InChI is InChI=1S/C22H26FNO2S/c1-22(2)15-6-16-24(27(25,26)21-13-10-19(23)11-14-21)20(17-22)12-9-18-7-4-3-5-8-18/h3-5,7-14,20H,6,15-17H2,1-2H3/b12-9+. The Balaban J connectivity index is 1.96. The van der Waals surface area contributed by atoms with Gasteiger partial charge in [-0.15, -0.1) is 0 Å². The molecule has 0 amide bonds. The predicted octanol–water partition coefficient (Wildman–Crippen LogP) is 5.11. The maximum absolute atomic E-state index is 13.3. The Kier molecular flexibility index (Phi) is 5.82. The minimum atomic E-state index is -3.69. The van der Waals surface area contributed by atoms with Crippen molar-refractivity contribution in [1.29, 1.82) is 0 Å². The number of rotatable bonds is 4. The lowest BCUT2D eigenvalue weighted by atomic mass is 9.83. The molecule has 0 spiro atoms. The van der Waals surface area contributed by atoms with Gasteiger partial charge in [0.25, 0.3) is 0 Å². The summed E-state index contributed by atoms with van der Waals surface area (Å²) in [4.78, 5) is 0.140. The van der Waals surface area contributed by atoms with E-state index in [1.165, 1.54) is 24.3 Å². The van der Waals surface area contributed by atoms with E-state index in [0.29, 0.717) is 6.54 Å². The first kappa shape index (κ1) is 19.8. The van der Waals surface area contributed by atoms with Gasteiger partial charge in [0.1, 0.15) is 5.82 Å². The fourth-order valence-corrected chi connectivity index (χ4v) is 5.26. The van der Waals surface area contributed by atoms with Gasteiger partial charge in [-0.2, -0.15) is 4.31 Å². The number of halogens is 1. The molecule has 0 aromatic heterocycles. The summed E-state index contributed by atoms with van der Waals surface area (Å²) in [6.45, 7) is 4.83. The van der Waals surface area contributed by atoms with Gasteiger partial charge in [0.2, 0.25) is 10.0 Å². The fraction of sp³-hybridized carbons (Fsp3) is 0.364. The van der Waals surface area contributed by atoms with E-state index in [2.05, 4.69) is 13.8 Å².